The lowest BCUT2D eigenvalue weighted by Crippen LogP contribution is -2.43. The first-order valence-electron chi connectivity index (χ1n) is 9.85. The van der Waals surface area contributed by atoms with E-state index in [1.807, 2.05) is 31.2 Å². The largest absolute Gasteiger partial charge is 0.463 e. The number of aryl methyl sites for hydroxylation is 1. The average Bonchev–Trinajstić information content (AvgIpc) is 3.20. The number of hydrogen-bond donors (Lipinski definition) is 1. The molecule has 9 heteroatoms. The molecule has 2 aromatic rings. The maximum absolute atomic E-state index is 12.9. The SMILES string of the molecule is CCOC(=O)C1=C(C)N(CC(=O)NCCOC)c2ncnn2[C@@H]1c1ccc(C)cc1. The number of aromatic nitrogens is 3. The normalized spacial score (nSPS) is 15.7. The summed E-state index contributed by atoms with van der Waals surface area (Å²) in [6.45, 7) is 6.63. The van der Waals surface area contributed by atoms with Gasteiger partial charge in [-0.25, -0.2) is 9.48 Å². The third kappa shape index (κ3) is 4.35. The first-order valence-corrected chi connectivity index (χ1v) is 9.85. The first-order chi connectivity index (χ1) is 14.5. The molecule has 1 aliphatic rings. The molecule has 0 fully saturated rings. The van der Waals surface area contributed by atoms with Crippen LogP contribution in [0.2, 0.25) is 0 Å². The van der Waals surface area contributed by atoms with Gasteiger partial charge in [-0.2, -0.15) is 10.1 Å². The molecule has 0 unspecified atom stereocenters. The van der Waals surface area contributed by atoms with E-state index in [4.69, 9.17) is 9.47 Å². The van der Waals surface area contributed by atoms with Crippen LogP contribution in [-0.2, 0) is 19.1 Å². The van der Waals surface area contributed by atoms with Gasteiger partial charge in [-0.15, -0.1) is 0 Å². The number of amides is 1. The minimum atomic E-state index is -0.491. The number of methoxy groups -OCH3 is 1. The first kappa shape index (κ1) is 21.5. The number of esters is 1. The predicted octanol–water partition coefficient (Wildman–Crippen LogP) is 1.60. The molecular formula is C21H27N5O4. The Labute approximate surface area is 175 Å². The van der Waals surface area contributed by atoms with Crippen molar-refractivity contribution in [3.63, 3.8) is 0 Å². The van der Waals surface area contributed by atoms with Gasteiger partial charge in [-0.1, -0.05) is 29.8 Å². The zero-order chi connectivity index (χ0) is 21.7. The maximum atomic E-state index is 12.9. The molecule has 30 heavy (non-hydrogen) atoms. The summed E-state index contributed by atoms with van der Waals surface area (Å²) < 4.78 is 12.0. The molecule has 2 heterocycles. The summed E-state index contributed by atoms with van der Waals surface area (Å²) in [7, 11) is 1.57. The topological polar surface area (TPSA) is 98.6 Å². The number of nitrogens with one attached hydrogen (secondary N) is 1. The van der Waals surface area contributed by atoms with Gasteiger partial charge in [0, 0.05) is 19.4 Å². The molecule has 1 N–H and O–H groups in total. The number of fused-ring (bicyclic) bond motifs is 1. The molecule has 1 aliphatic heterocycles. The second kappa shape index (κ2) is 9.53. The number of ether oxygens (including phenoxy) is 2. The van der Waals surface area contributed by atoms with E-state index in [9.17, 15) is 9.59 Å². The van der Waals surface area contributed by atoms with Crippen molar-refractivity contribution in [1.29, 1.82) is 0 Å². The van der Waals surface area contributed by atoms with Gasteiger partial charge < -0.3 is 19.7 Å². The molecule has 1 aromatic carbocycles. The number of carbonyl (C=O) groups is 2. The van der Waals surface area contributed by atoms with Gasteiger partial charge in [-0.3, -0.25) is 4.79 Å². The van der Waals surface area contributed by atoms with E-state index in [0.717, 1.165) is 11.1 Å². The molecule has 0 radical (unpaired) electrons. The predicted molar refractivity (Wildman–Crippen MR) is 111 cm³/mol. The van der Waals surface area contributed by atoms with Gasteiger partial charge in [0.05, 0.1) is 18.8 Å². The van der Waals surface area contributed by atoms with Crippen LogP contribution in [-0.4, -0.2) is 60.1 Å². The van der Waals surface area contributed by atoms with Gasteiger partial charge in [0.15, 0.2) is 0 Å². The molecule has 0 spiro atoms. The number of carbonyl (C=O) groups excluding carboxylic acids is 2. The fourth-order valence-corrected chi connectivity index (χ4v) is 3.44. The second-order valence-corrected chi connectivity index (χ2v) is 6.97. The van der Waals surface area contributed by atoms with Crippen LogP contribution in [0.5, 0.6) is 0 Å². The fraction of sp³-hybridized carbons (Fsp3) is 0.429. The molecule has 0 aliphatic carbocycles. The van der Waals surface area contributed by atoms with Gasteiger partial charge in [0.1, 0.15) is 18.9 Å². The van der Waals surface area contributed by atoms with Crippen LogP contribution in [0.1, 0.15) is 31.0 Å². The van der Waals surface area contributed by atoms with E-state index in [2.05, 4.69) is 15.4 Å². The van der Waals surface area contributed by atoms with E-state index < -0.39 is 12.0 Å². The smallest absolute Gasteiger partial charge is 0.338 e. The number of benzene rings is 1. The highest BCUT2D eigenvalue weighted by Gasteiger charge is 2.38. The summed E-state index contributed by atoms with van der Waals surface area (Å²) in [5.41, 5.74) is 3.05. The zero-order valence-electron chi connectivity index (χ0n) is 17.7. The average molecular weight is 413 g/mol. The Morgan fingerprint density at radius 3 is 2.60 bits per heavy atom. The molecule has 9 nitrogen and oxygen atoms in total. The molecule has 3 rings (SSSR count). The maximum Gasteiger partial charge on any atom is 0.338 e. The second-order valence-electron chi connectivity index (χ2n) is 6.97. The Morgan fingerprint density at radius 1 is 1.20 bits per heavy atom. The van der Waals surface area contributed by atoms with Crippen molar-refractivity contribution in [2.45, 2.75) is 26.8 Å². The molecule has 0 bridgehead atoms. The Hall–Kier alpha value is -3.20. The Bertz CT molecular complexity index is 935. The minimum Gasteiger partial charge on any atom is -0.463 e. The van der Waals surface area contributed by atoms with Crippen LogP contribution in [0, 0.1) is 6.92 Å². The standard InChI is InChI=1S/C21H27N5O4/c1-5-30-20(28)18-15(3)25(12-17(27)22-10-11-29-4)21-23-13-24-26(21)19(18)16-8-6-14(2)7-9-16/h6-9,13,19H,5,10-12H2,1-4H3,(H,22,27)/t19-/m1/s1. The van der Waals surface area contributed by atoms with E-state index >= 15 is 0 Å². The molecule has 160 valence electrons. The Kier molecular flexibility index (Phi) is 6.83. The van der Waals surface area contributed by atoms with Crippen molar-refractivity contribution in [3.05, 3.63) is 53.0 Å². The van der Waals surface area contributed by atoms with E-state index in [1.54, 1.807) is 30.5 Å². The monoisotopic (exact) mass is 413 g/mol. The van der Waals surface area contributed by atoms with Crippen molar-refractivity contribution in [2.75, 3.05) is 38.3 Å². The summed E-state index contributed by atoms with van der Waals surface area (Å²) >= 11 is 0. The highest BCUT2D eigenvalue weighted by atomic mass is 16.5. The molecule has 1 atom stereocenters. The fourth-order valence-electron chi connectivity index (χ4n) is 3.44. The molecule has 0 saturated carbocycles. The molecule has 1 aromatic heterocycles. The molecular weight excluding hydrogens is 386 g/mol. The summed E-state index contributed by atoms with van der Waals surface area (Å²) in [5, 5.41) is 7.16. The summed E-state index contributed by atoms with van der Waals surface area (Å²) in [4.78, 5) is 31.4. The molecule has 1 amide bonds. The lowest BCUT2D eigenvalue weighted by molar-refractivity contribution is -0.139. The van der Waals surface area contributed by atoms with Crippen LogP contribution in [0.3, 0.4) is 0 Å². The summed E-state index contributed by atoms with van der Waals surface area (Å²) in [6.07, 6.45) is 1.42. The van der Waals surface area contributed by atoms with Gasteiger partial charge >= 0.3 is 5.97 Å². The number of nitrogens with zero attached hydrogens (tertiary/aromatic N) is 4. The third-order valence-corrected chi connectivity index (χ3v) is 4.93. The minimum absolute atomic E-state index is 0.00222. The van der Waals surface area contributed by atoms with Gasteiger partial charge in [0.2, 0.25) is 11.9 Å². The van der Waals surface area contributed by atoms with Crippen molar-refractivity contribution in [2.24, 2.45) is 0 Å². The lowest BCUT2D eigenvalue weighted by atomic mass is 9.94. The van der Waals surface area contributed by atoms with Crippen molar-refractivity contribution in [1.82, 2.24) is 20.1 Å². The van der Waals surface area contributed by atoms with Crippen LogP contribution < -0.4 is 10.2 Å². The third-order valence-electron chi connectivity index (χ3n) is 4.93. The van der Waals surface area contributed by atoms with Crippen molar-refractivity contribution >= 4 is 17.8 Å². The van der Waals surface area contributed by atoms with E-state index in [-0.39, 0.29) is 19.1 Å². The van der Waals surface area contributed by atoms with Crippen molar-refractivity contribution in [3.8, 4) is 0 Å². The highest BCUT2D eigenvalue weighted by Crippen LogP contribution is 2.38. The molecule has 0 saturated heterocycles. The van der Waals surface area contributed by atoms with E-state index in [0.29, 0.717) is 30.4 Å². The van der Waals surface area contributed by atoms with Gasteiger partial charge in [-0.05, 0) is 26.3 Å². The lowest BCUT2D eigenvalue weighted by Gasteiger charge is -2.35. The summed E-state index contributed by atoms with van der Waals surface area (Å²) in [6, 6.07) is 7.41. The quantitative estimate of drug-likeness (QED) is 0.518. The number of allylic oxidation sites excluding steroid dienone is 1. The van der Waals surface area contributed by atoms with E-state index in [1.165, 1.54) is 6.33 Å². The number of hydrogen-bond acceptors (Lipinski definition) is 7. The van der Waals surface area contributed by atoms with Crippen LogP contribution >= 0.6 is 0 Å². The summed E-state index contributed by atoms with van der Waals surface area (Å²) in [5.74, 6) is -0.155. The number of rotatable bonds is 8. The van der Waals surface area contributed by atoms with Crippen molar-refractivity contribution < 1.29 is 19.1 Å². The number of anilines is 1. The Balaban J connectivity index is 2.03. The van der Waals surface area contributed by atoms with Crippen LogP contribution in [0.25, 0.3) is 0 Å². The zero-order valence-corrected chi connectivity index (χ0v) is 17.7. The van der Waals surface area contributed by atoms with Crippen LogP contribution in [0.4, 0.5) is 5.95 Å². The Morgan fingerprint density at radius 2 is 1.93 bits per heavy atom. The van der Waals surface area contributed by atoms with Gasteiger partial charge in [0.25, 0.3) is 0 Å². The highest BCUT2D eigenvalue weighted by molar-refractivity contribution is 5.93. The van der Waals surface area contributed by atoms with Crippen LogP contribution in [0.15, 0.2) is 41.9 Å².